The summed E-state index contributed by atoms with van der Waals surface area (Å²) in [6, 6.07) is 6.14. The Balaban J connectivity index is 2.15. The third-order valence-corrected chi connectivity index (χ3v) is 2.73. The van der Waals surface area contributed by atoms with E-state index in [0.717, 1.165) is 5.56 Å². The van der Waals surface area contributed by atoms with Crippen molar-refractivity contribution in [2.45, 2.75) is 20.0 Å². The number of ether oxygens (including phenoxy) is 1. The van der Waals surface area contributed by atoms with Crippen LogP contribution in [0.25, 0.3) is 0 Å². The average molecular weight is 298 g/mol. The number of nitrogens with zero attached hydrogens (tertiary/aromatic N) is 3. The first-order valence-electron chi connectivity index (χ1n) is 5.85. The van der Waals surface area contributed by atoms with Gasteiger partial charge in [-0.25, -0.2) is 0 Å². The first-order chi connectivity index (χ1) is 9.60. The number of alkyl halides is 2. The molecular weight excluding hydrogens is 286 g/mol. The maximum atomic E-state index is 12.0. The molecule has 0 saturated heterocycles. The Morgan fingerprint density at radius 1 is 1.45 bits per heavy atom. The van der Waals surface area contributed by atoms with Crippen LogP contribution < -0.4 is 4.74 Å². The Bertz CT molecular complexity index is 648. The molecule has 1 aromatic heterocycles. The van der Waals surface area contributed by atoms with Gasteiger partial charge < -0.3 is 4.74 Å². The second kappa shape index (κ2) is 6.38. The number of hydrogen-bond acceptors (Lipinski definition) is 4. The van der Waals surface area contributed by atoms with E-state index in [2.05, 4.69) is 20.0 Å². The molecule has 0 aliphatic heterocycles. The van der Waals surface area contributed by atoms with Crippen LogP contribution in [-0.2, 0) is 6.42 Å². The van der Waals surface area contributed by atoms with E-state index in [1.807, 2.05) is 6.92 Å². The highest BCUT2D eigenvalue weighted by atomic mass is 32.1. The molecule has 106 valence electrons. The summed E-state index contributed by atoms with van der Waals surface area (Å²) in [5, 5.41) is 10.9. The summed E-state index contributed by atoms with van der Waals surface area (Å²) < 4.78 is 30.2. The number of rotatable bonds is 5. The number of nitrogens with one attached hydrogen (secondary N) is 1. The van der Waals surface area contributed by atoms with Crippen molar-refractivity contribution in [1.29, 1.82) is 0 Å². The molecule has 0 amide bonds. The predicted molar refractivity (Wildman–Crippen MR) is 72.9 cm³/mol. The average Bonchev–Trinajstić information content (AvgIpc) is 2.78. The van der Waals surface area contributed by atoms with Crippen molar-refractivity contribution >= 4 is 18.4 Å². The zero-order chi connectivity index (χ0) is 14.5. The molecule has 1 aromatic carbocycles. The van der Waals surface area contributed by atoms with Gasteiger partial charge in [0.1, 0.15) is 5.75 Å². The highest BCUT2D eigenvalue weighted by Gasteiger charge is 2.03. The fourth-order valence-electron chi connectivity index (χ4n) is 1.53. The zero-order valence-corrected chi connectivity index (χ0v) is 11.4. The van der Waals surface area contributed by atoms with Crippen molar-refractivity contribution in [2.24, 2.45) is 5.10 Å². The first-order valence-corrected chi connectivity index (χ1v) is 6.26. The van der Waals surface area contributed by atoms with E-state index in [1.165, 1.54) is 16.8 Å². The predicted octanol–water partition coefficient (Wildman–Crippen LogP) is 2.99. The van der Waals surface area contributed by atoms with Gasteiger partial charge >= 0.3 is 6.61 Å². The van der Waals surface area contributed by atoms with Crippen LogP contribution in [0.3, 0.4) is 0 Å². The second-order valence-corrected chi connectivity index (χ2v) is 4.19. The third kappa shape index (κ3) is 3.47. The van der Waals surface area contributed by atoms with Crippen LogP contribution in [0.5, 0.6) is 5.75 Å². The normalized spacial score (nSPS) is 11.4. The van der Waals surface area contributed by atoms with Crippen molar-refractivity contribution in [3.8, 4) is 5.75 Å². The van der Waals surface area contributed by atoms with Gasteiger partial charge in [-0.15, -0.1) is 0 Å². The molecule has 5 nitrogen and oxygen atoms in total. The molecule has 0 unspecified atom stereocenters. The topological polar surface area (TPSA) is 55.2 Å². The molecule has 20 heavy (non-hydrogen) atoms. The van der Waals surface area contributed by atoms with Gasteiger partial charge in [0.25, 0.3) is 0 Å². The molecular formula is C12H12F2N4OS. The minimum Gasteiger partial charge on any atom is -0.435 e. The fraction of sp³-hybridized carbons (Fsp3) is 0.250. The van der Waals surface area contributed by atoms with Gasteiger partial charge in [0.2, 0.25) is 4.77 Å². The minimum absolute atomic E-state index is 0.103. The van der Waals surface area contributed by atoms with E-state index in [1.54, 1.807) is 18.3 Å². The van der Waals surface area contributed by atoms with Gasteiger partial charge in [0.15, 0.2) is 5.82 Å². The molecule has 0 aliphatic rings. The van der Waals surface area contributed by atoms with E-state index < -0.39 is 6.61 Å². The lowest BCUT2D eigenvalue weighted by Crippen LogP contribution is -2.01. The first kappa shape index (κ1) is 14.3. The quantitative estimate of drug-likeness (QED) is 0.682. The summed E-state index contributed by atoms with van der Waals surface area (Å²) in [5.41, 5.74) is 0.733. The number of aryl methyl sites for hydroxylation is 1. The molecule has 0 aliphatic carbocycles. The van der Waals surface area contributed by atoms with Gasteiger partial charge in [0.05, 0.1) is 6.21 Å². The molecule has 0 bridgehead atoms. The number of halogens is 2. The van der Waals surface area contributed by atoms with E-state index >= 15 is 0 Å². The van der Waals surface area contributed by atoms with Gasteiger partial charge in [-0.2, -0.15) is 23.7 Å². The van der Waals surface area contributed by atoms with Crippen LogP contribution in [0.15, 0.2) is 29.4 Å². The number of aromatic amines is 1. The van der Waals surface area contributed by atoms with Gasteiger partial charge in [0, 0.05) is 6.42 Å². The lowest BCUT2D eigenvalue weighted by molar-refractivity contribution is -0.0498. The second-order valence-electron chi connectivity index (χ2n) is 3.80. The summed E-state index contributed by atoms with van der Waals surface area (Å²) in [6.07, 6.45) is 2.25. The molecule has 0 spiro atoms. The molecule has 0 radical (unpaired) electrons. The maximum absolute atomic E-state index is 12.0. The molecule has 2 rings (SSSR count). The van der Waals surface area contributed by atoms with Crippen molar-refractivity contribution in [3.05, 3.63) is 40.4 Å². The highest BCUT2D eigenvalue weighted by Crippen LogP contribution is 2.14. The molecule has 0 saturated carbocycles. The summed E-state index contributed by atoms with van der Waals surface area (Å²) >= 11 is 5.05. The monoisotopic (exact) mass is 298 g/mol. The Morgan fingerprint density at radius 2 is 2.15 bits per heavy atom. The largest absolute Gasteiger partial charge is 0.435 e. The number of H-pyrrole nitrogens is 1. The molecule has 0 atom stereocenters. The molecule has 2 aromatic rings. The van der Waals surface area contributed by atoms with Crippen LogP contribution in [0.4, 0.5) is 8.78 Å². The third-order valence-electron chi connectivity index (χ3n) is 2.46. The van der Waals surface area contributed by atoms with Gasteiger partial charge in [-0.3, -0.25) is 5.10 Å². The molecule has 0 fully saturated rings. The maximum Gasteiger partial charge on any atom is 0.387 e. The summed E-state index contributed by atoms with van der Waals surface area (Å²) in [7, 11) is 0. The van der Waals surface area contributed by atoms with Crippen molar-refractivity contribution in [1.82, 2.24) is 14.9 Å². The SMILES string of the molecule is CCc1n[nH]c(=S)n1N=Cc1ccc(OC(F)F)cc1. The molecule has 8 heteroatoms. The number of hydrogen-bond donors (Lipinski definition) is 1. The van der Waals surface area contributed by atoms with E-state index in [9.17, 15) is 8.78 Å². The van der Waals surface area contributed by atoms with Crippen LogP contribution >= 0.6 is 12.2 Å². The van der Waals surface area contributed by atoms with Crippen molar-refractivity contribution in [3.63, 3.8) is 0 Å². The Morgan fingerprint density at radius 3 is 2.75 bits per heavy atom. The lowest BCUT2D eigenvalue weighted by Gasteiger charge is -2.03. The standard InChI is InChI=1S/C12H12F2N4OS/c1-2-10-16-17-12(20)18(10)15-7-8-3-5-9(6-4-8)19-11(13)14/h3-7,11H,2H2,1H3,(H,17,20). The van der Waals surface area contributed by atoms with E-state index in [0.29, 0.717) is 17.0 Å². The van der Waals surface area contributed by atoms with E-state index in [-0.39, 0.29) is 5.75 Å². The molecule has 1 heterocycles. The summed E-state index contributed by atoms with van der Waals surface area (Å²) in [5.74, 6) is 0.815. The lowest BCUT2D eigenvalue weighted by atomic mass is 10.2. The van der Waals surface area contributed by atoms with Crippen LogP contribution in [-0.4, -0.2) is 27.7 Å². The van der Waals surface area contributed by atoms with Crippen LogP contribution in [0.1, 0.15) is 18.3 Å². The number of benzene rings is 1. The minimum atomic E-state index is -2.83. The Hall–Kier alpha value is -2.09. The number of aromatic nitrogens is 3. The van der Waals surface area contributed by atoms with Crippen LogP contribution in [0.2, 0.25) is 0 Å². The Labute approximate surface area is 118 Å². The van der Waals surface area contributed by atoms with Crippen molar-refractivity contribution < 1.29 is 13.5 Å². The van der Waals surface area contributed by atoms with Gasteiger partial charge in [-0.05, 0) is 42.0 Å². The highest BCUT2D eigenvalue weighted by molar-refractivity contribution is 7.71. The molecule has 1 N–H and O–H groups in total. The van der Waals surface area contributed by atoms with Gasteiger partial charge in [-0.1, -0.05) is 6.92 Å². The van der Waals surface area contributed by atoms with Crippen molar-refractivity contribution in [2.75, 3.05) is 0 Å². The smallest absolute Gasteiger partial charge is 0.387 e. The fourth-order valence-corrected chi connectivity index (χ4v) is 1.73. The summed E-state index contributed by atoms with van der Waals surface area (Å²) in [4.78, 5) is 0. The van der Waals surface area contributed by atoms with Crippen LogP contribution in [0, 0.1) is 4.77 Å². The Kier molecular flexibility index (Phi) is 4.57. The summed E-state index contributed by atoms with van der Waals surface area (Å²) in [6.45, 7) is -0.890. The zero-order valence-electron chi connectivity index (χ0n) is 10.6. The van der Waals surface area contributed by atoms with E-state index in [4.69, 9.17) is 12.2 Å².